The van der Waals surface area contributed by atoms with Crippen molar-refractivity contribution < 1.29 is 33.0 Å². The predicted octanol–water partition coefficient (Wildman–Crippen LogP) is 2.19. The predicted molar refractivity (Wildman–Crippen MR) is 107 cm³/mol. The molecule has 1 saturated heterocycles. The van der Waals surface area contributed by atoms with E-state index in [-0.39, 0.29) is 41.3 Å². The molecule has 4 rings (SSSR count). The molecule has 0 spiro atoms. The Balaban J connectivity index is 1.65. The first kappa shape index (κ1) is 21.0. The third-order valence-corrected chi connectivity index (χ3v) is 5.65. The highest BCUT2D eigenvalue weighted by Crippen LogP contribution is 2.29. The Kier molecular flexibility index (Phi) is 5.77. The summed E-state index contributed by atoms with van der Waals surface area (Å²) in [6.07, 6.45) is 5.34. The van der Waals surface area contributed by atoms with E-state index in [9.17, 15) is 23.9 Å². The number of hydrogen-bond acceptors (Lipinski definition) is 6. The van der Waals surface area contributed by atoms with Crippen LogP contribution in [0.25, 0.3) is 0 Å². The van der Waals surface area contributed by atoms with Crippen molar-refractivity contribution in [3.63, 3.8) is 0 Å². The number of ketones is 1. The fourth-order valence-corrected chi connectivity index (χ4v) is 3.88. The van der Waals surface area contributed by atoms with Crippen LogP contribution in [0.5, 0.6) is 0 Å². The van der Waals surface area contributed by atoms with Gasteiger partial charge in [-0.05, 0) is 37.0 Å². The monoisotopic (exact) mass is 430 g/mol. The highest BCUT2D eigenvalue weighted by atomic mass is 19.1. The van der Waals surface area contributed by atoms with Crippen LogP contribution in [0.4, 0.5) is 4.39 Å². The lowest BCUT2D eigenvalue weighted by atomic mass is 9.91. The number of carbonyl (C=O) groups is 3. The summed E-state index contributed by atoms with van der Waals surface area (Å²) in [6, 6.07) is 1.53. The molecule has 2 amide bonds. The van der Waals surface area contributed by atoms with E-state index in [0.717, 1.165) is 0 Å². The van der Waals surface area contributed by atoms with Crippen LogP contribution in [-0.2, 0) is 16.0 Å². The van der Waals surface area contributed by atoms with Crippen molar-refractivity contribution in [3.8, 4) is 0 Å². The smallest absolute Gasteiger partial charge is 0.289 e. The number of carbonyl (C=O) groups excluding carboxylic acids is 3. The standard InChI is InChI=1S/C22H23FN2O6/c1-24-12-16(19(27)22(24)29)18(26)20-14(10-13-2-4-15(23)5-3-13)11-17(31-20)21(28)25-6-8-30-9-7-25/h2,4-5,11,13,27H,3,6-10,12H2,1H3. The van der Waals surface area contributed by atoms with E-state index in [0.29, 0.717) is 44.7 Å². The van der Waals surface area contributed by atoms with Gasteiger partial charge in [0, 0.05) is 25.7 Å². The Hall–Kier alpha value is -3.20. The molecule has 0 bridgehead atoms. The van der Waals surface area contributed by atoms with Crippen molar-refractivity contribution in [2.45, 2.75) is 12.8 Å². The van der Waals surface area contributed by atoms with E-state index >= 15 is 0 Å². The van der Waals surface area contributed by atoms with E-state index in [2.05, 4.69) is 0 Å². The second-order valence-electron chi connectivity index (χ2n) is 7.84. The zero-order valence-corrected chi connectivity index (χ0v) is 17.1. The Morgan fingerprint density at radius 1 is 1.29 bits per heavy atom. The Bertz CT molecular complexity index is 1020. The number of furan rings is 1. The molecule has 8 nitrogen and oxygen atoms in total. The Morgan fingerprint density at radius 2 is 2.03 bits per heavy atom. The van der Waals surface area contributed by atoms with Crippen LogP contribution in [0.3, 0.4) is 0 Å². The second-order valence-corrected chi connectivity index (χ2v) is 7.84. The second kappa shape index (κ2) is 8.50. The molecule has 1 unspecified atom stereocenters. The summed E-state index contributed by atoms with van der Waals surface area (Å²) in [7, 11) is 1.48. The van der Waals surface area contributed by atoms with Gasteiger partial charge in [0.15, 0.2) is 17.3 Å². The first-order chi connectivity index (χ1) is 14.8. The minimum atomic E-state index is -0.642. The molecule has 0 saturated carbocycles. The van der Waals surface area contributed by atoms with Gasteiger partial charge in [-0.25, -0.2) is 4.39 Å². The van der Waals surface area contributed by atoms with Gasteiger partial charge < -0.3 is 24.1 Å². The van der Waals surface area contributed by atoms with Crippen molar-refractivity contribution in [2.24, 2.45) is 5.92 Å². The van der Waals surface area contributed by atoms with Crippen LogP contribution in [0.2, 0.25) is 0 Å². The SMILES string of the molecule is CN1CC(C(=O)c2oc(C(=O)N3CCOCC3)cc2CC2C=CC(F)=CC2)=C(O)C1=O. The molecule has 2 aliphatic heterocycles. The fourth-order valence-electron chi connectivity index (χ4n) is 3.88. The summed E-state index contributed by atoms with van der Waals surface area (Å²) >= 11 is 0. The number of amides is 2. The summed E-state index contributed by atoms with van der Waals surface area (Å²) in [4.78, 5) is 40.8. The average Bonchev–Trinajstić information content (AvgIpc) is 3.31. The van der Waals surface area contributed by atoms with E-state index < -0.39 is 17.4 Å². The Labute approximate surface area is 178 Å². The van der Waals surface area contributed by atoms with Crippen LogP contribution in [-0.4, -0.2) is 72.4 Å². The van der Waals surface area contributed by atoms with E-state index in [4.69, 9.17) is 9.15 Å². The molecule has 3 heterocycles. The molecule has 1 aromatic heterocycles. The molecule has 164 valence electrons. The lowest BCUT2D eigenvalue weighted by molar-refractivity contribution is -0.126. The van der Waals surface area contributed by atoms with Crippen molar-refractivity contribution in [1.29, 1.82) is 0 Å². The maximum atomic E-state index is 13.3. The van der Waals surface area contributed by atoms with Crippen molar-refractivity contribution in [1.82, 2.24) is 9.80 Å². The number of Topliss-reactive ketones (excluding diaryl/α,β-unsaturated/α-hetero) is 1. The maximum absolute atomic E-state index is 13.3. The van der Waals surface area contributed by atoms with Gasteiger partial charge in [-0.1, -0.05) is 6.08 Å². The summed E-state index contributed by atoms with van der Waals surface area (Å²) in [6.45, 7) is 1.63. The number of likely N-dealkylation sites (N-methyl/N-ethyl adjacent to an activating group) is 1. The van der Waals surface area contributed by atoms with Gasteiger partial charge in [0.25, 0.3) is 11.8 Å². The van der Waals surface area contributed by atoms with Gasteiger partial charge in [0.2, 0.25) is 5.78 Å². The highest BCUT2D eigenvalue weighted by Gasteiger charge is 2.35. The molecule has 1 fully saturated rings. The number of aliphatic hydroxyl groups is 1. The van der Waals surface area contributed by atoms with Gasteiger partial charge >= 0.3 is 0 Å². The van der Waals surface area contributed by atoms with Crippen molar-refractivity contribution in [2.75, 3.05) is 39.9 Å². The fraction of sp³-hybridized carbons (Fsp3) is 0.409. The normalized spacial score (nSPS) is 21.7. The Morgan fingerprint density at radius 3 is 2.65 bits per heavy atom. The van der Waals surface area contributed by atoms with Gasteiger partial charge in [-0.2, -0.15) is 0 Å². The van der Waals surface area contributed by atoms with Crippen LogP contribution in [0, 0.1) is 5.92 Å². The maximum Gasteiger partial charge on any atom is 0.289 e. The number of allylic oxidation sites excluding steroid dienone is 4. The average molecular weight is 430 g/mol. The first-order valence-corrected chi connectivity index (χ1v) is 10.1. The molecule has 0 radical (unpaired) electrons. The molecule has 31 heavy (non-hydrogen) atoms. The summed E-state index contributed by atoms with van der Waals surface area (Å²) in [5, 5.41) is 10.1. The molecule has 1 aliphatic carbocycles. The largest absolute Gasteiger partial charge is 0.503 e. The van der Waals surface area contributed by atoms with Crippen LogP contribution < -0.4 is 0 Å². The molecule has 9 heteroatoms. The number of ether oxygens (including phenoxy) is 1. The van der Waals surface area contributed by atoms with Gasteiger partial charge in [0.1, 0.15) is 5.83 Å². The molecule has 1 aromatic rings. The van der Waals surface area contributed by atoms with Crippen LogP contribution in [0.1, 0.15) is 33.1 Å². The zero-order chi connectivity index (χ0) is 22.1. The molecule has 0 aromatic carbocycles. The number of rotatable bonds is 5. The third kappa shape index (κ3) is 4.18. The van der Waals surface area contributed by atoms with Crippen molar-refractivity contribution >= 4 is 17.6 Å². The molecule has 1 N–H and O–H groups in total. The lowest BCUT2D eigenvalue weighted by Gasteiger charge is -2.25. The molecule has 1 atom stereocenters. The van der Waals surface area contributed by atoms with Gasteiger partial charge in [0.05, 0.1) is 25.3 Å². The van der Waals surface area contributed by atoms with Gasteiger partial charge in [-0.3, -0.25) is 14.4 Å². The van der Waals surface area contributed by atoms with Gasteiger partial charge in [-0.15, -0.1) is 0 Å². The summed E-state index contributed by atoms with van der Waals surface area (Å²) in [5.74, 6) is -2.70. The van der Waals surface area contributed by atoms with E-state index in [1.807, 2.05) is 0 Å². The number of aliphatic hydroxyl groups excluding tert-OH is 1. The quantitative estimate of drug-likeness (QED) is 0.719. The zero-order valence-electron chi connectivity index (χ0n) is 17.1. The molecular formula is C22H23FN2O6. The summed E-state index contributed by atoms with van der Waals surface area (Å²) < 4.78 is 24.3. The topological polar surface area (TPSA) is 100 Å². The number of morpholine rings is 1. The first-order valence-electron chi connectivity index (χ1n) is 10.1. The third-order valence-electron chi connectivity index (χ3n) is 5.65. The minimum absolute atomic E-state index is 0.0135. The van der Waals surface area contributed by atoms with E-state index in [1.54, 1.807) is 11.0 Å². The lowest BCUT2D eigenvalue weighted by Crippen LogP contribution is -2.40. The van der Waals surface area contributed by atoms with E-state index in [1.165, 1.54) is 30.2 Å². The van der Waals surface area contributed by atoms with Crippen LogP contribution >= 0.6 is 0 Å². The highest BCUT2D eigenvalue weighted by molar-refractivity contribution is 6.15. The molecular weight excluding hydrogens is 407 g/mol. The number of hydrogen-bond donors (Lipinski definition) is 1. The minimum Gasteiger partial charge on any atom is -0.503 e. The van der Waals surface area contributed by atoms with Crippen molar-refractivity contribution in [3.05, 3.63) is 58.5 Å². The van der Waals surface area contributed by atoms with Crippen LogP contribution in [0.15, 0.2) is 45.9 Å². The number of nitrogens with zero attached hydrogens (tertiary/aromatic N) is 2. The summed E-state index contributed by atoms with van der Waals surface area (Å²) in [5.41, 5.74) is 0.410. The molecule has 3 aliphatic rings. The number of halogens is 1.